The molecule has 1 aromatic rings. The van der Waals surface area contributed by atoms with E-state index in [4.69, 9.17) is 4.74 Å². The zero-order valence-corrected chi connectivity index (χ0v) is 14.1. The lowest BCUT2D eigenvalue weighted by Gasteiger charge is -2.27. The number of carbonyl (C=O) groups is 1. The van der Waals surface area contributed by atoms with Gasteiger partial charge in [-0.2, -0.15) is 0 Å². The van der Waals surface area contributed by atoms with Gasteiger partial charge in [0.1, 0.15) is 16.0 Å². The number of thiazole rings is 1. The highest BCUT2D eigenvalue weighted by Gasteiger charge is 2.37. The van der Waals surface area contributed by atoms with Crippen LogP contribution in [0.5, 0.6) is 0 Å². The number of rotatable bonds is 3. The van der Waals surface area contributed by atoms with Crippen LogP contribution in [0, 0.1) is 6.92 Å². The van der Waals surface area contributed by atoms with Crippen LogP contribution in [0.15, 0.2) is 0 Å². The topological polar surface area (TPSA) is 39.2 Å². The highest BCUT2D eigenvalue weighted by Crippen LogP contribution is 2.34. The van der Waals surface area contributed by atoms with Gasteiger partial charge in [-0.05, 0) is 47.5 Å². The first-order chi connectivity index (χ1) is 8.45. The van der Waals surface area contributed by atoms with E-state index in [9.17, 15) is 4.79 Å². The van der Waals surface area contributed by atoms with Gasteiger partial charge in [0.25, 0.3) is 0 Å². The molecule has 0 amide bonds. The number of esters is 1. The van der Waals surface area contributed by atoms with Crippen LogP contribution in [0.3, 0.4) is 0 Å². The Morgan fingerprint density at radius 1 is 1.21 bits per heavy atom. The summed E-state index contributed by atoms with van der Waals surface area (Å²) < 4.78 is 5.49. The van der Waals surface area contributed by atoms with Crippen molar-refractivity contribution < 1.29 is 9.53 Å². The van der Waals surface area contributed by atoms with E-state index in [1.54, 1.807) is 11.3 Å². The summed E-state index contributed by atoms with van der Waals surface area (Å²) in [7, 11) is 0. The number of aryl methyl sites for hydroxylation is 1. The van der Waals surface area contributed by atoms with E-state index in [0.717, 1.165) is 10.7 Å². The minimum atomic E-state index is -0.699. The molecule has 0 aliphatic carbocycles. The Hall–Kier alpha value is -0.900. The van der Waals surface area contributed by atoms with Gasteiger partial charge in [0, 0.05) is 4.88 Å². The molecular formula is C15H25NO2S. The fourth-order valence-electron chi connectivity index (χ4n) is 1.70. The monoisotopic (exact) mass is 283 g/mol. The van der Waals surface area contributed by atoms with Crippen LogP contribution in [0.1, 0.15) is 70.0 Å². The Labute approximate surface area is 120 Å². The van der Waals surface area contributed by atoms with Gasteiger partial charge in [0.05, 0.1) is 5.69 Å². The normalized spacial score (nSPS) is 12.9. The maximum absolute atomic E-state index is 12.3. The largest absolute Gasteiger partial charge is 0.459 e. The van der Waals surface area contributed by atoms with Crippen molar-refractivity contribution in [1.29, 1.82) is 0 Å². The lowest BCUT2D eigenvalue weighted by atomic mass is 9.94. The van der Waals surface area contributed by atoms with Crippen LogP contribution in [-0.4, -0.2) is 16.6 Å². The number of carbonyl (C=O) groups excluding carboxylic acids is 1. The third-order valence-electron chi connectivity index (χ3n) is 2.82. The number of nitrogens with zero attached hydrogens (tertiary/aromatic N) is 1. The summed E-state index contributed by atoms with van der Waals surface area (Å²) >= 11 is 1.59. The lowest BCUT2D eigenvalue weighted by molar-refractivity contribution is -0.160. The third-order valence-corrected chi connectivity index (χ3v) is 4.13. The average Bonchev–Trinajstić information content (AvgIpc) is 2.58. The zero-order chi connectivity index (χ0) is 15.0. The summed E-state index contributed by atoms with van der Waals surface area (Å²) in [6.45, 7) is 15.7. The number of aromatic nitrogens is 1. The first kappa shape index (κ1) is 16.2. The minimum absolute atomic E-state index is 0.218. The van der Waals surface area contributed by atoms with Crippen LogP contribution < -0.4 is 0 Å². The molecule has 0 aliphatic heterocycles. The quantitative estimate of drug-likeness (QED) is 0.781. The third kappa shape index (κ3) is 3.78. The standard InChI is InChI=1S/C15H25NO2S/c1-9(2)11-10(3)19-12(16-11)15(7,8)13(17)18-14(4,5)6/h9H,1-8H3. The maximum atomic E-state index is 12.3. The molecule has 0 bridgehead atoms. The Kier molecular flexibility index (Phi) is 4.45. The molecule has 0 aliphatic rings. The average molecular weight is 283 g/mol. The first-order valence-corrected chi connectivity index (χ1v) is 7.48. The zero-order valence-electron chi connectivity index (χ0n) is 13.2. The van der Waals surface area contributed by atoms with Crippen LogP contribution in [0.25, 0.3) is 0 Å². The molecule has 1 heterocycles. The van der Waals surface area contributed by atoms with Crippen molar-refractivity contribution in [2.45, 2.75) is 72.3 Å². The van der Waals surface area contributed by atoms with Gasteiger partial charge in [-0.3, -0.25) is 4.79 Å². The second-order valence-electron chi connectivity index (χ2n) is 6.74. The molecule has 0 fully saturated rings. The van der Waals surface area contributed by atoms with E-state index in [-0.39, 0.29) is 5.97 Å². The molecule has 0 unspecified atom stereocenters. The summed E-state index contributed by atoms with van der Waals surface area (Å²) in [5.74, 6) is 0.156. The highest BCUT2D eigenvalue weighted by molar-refractivity contribution is 7.12. The second kappa shape index (κ2) is 5.23. The van der Waals surface area contributed by atoms with Gasteiger partial charge < -0.3 is 4.74 Å². The van der Waals surface area contributed by atoms with Gasteiger partial charge in [-0.15, -0.1) is 11.3 Å². The summed E-state index contributed by atoms with van der Waals surface area (Å²) in [5, 5.41) is 0.836. The molecule has 4 heteroatoms. The molecule has 1 aromatic heterocycles. The highest BCUT2D eigenvalue weighted by atomic mass is 32.1. The Morgan fingerprint density at radius 2 is 1.74 bits per heavy atom. The van der Waals surface area contributed by atoms with Crippen molar-refractivity contribution in [2.24, 2.45) is 0 Å². The molecule has 19 heavy (non-hydrogen) atoms. The molecule has 0 spiro atoms. The molecule has 0 saturated heterocycles. The molecule has 108 valence electrons. The van der Waals surface area contributed by atoms with E-state index in [1.165, 1.54) is 4.88 Å². The van der Waals surface area contributed by atoms with Gasteiger partial charge >= 0.3 is 5.97 Å². The van der Waals surface area contributed by atoms with E-state index >= 15 is 0 Å². The molecule has 1 rings (SSSR count). The summed E-state index contributed by atoms with van der Waals surface area (Å²) in [4.78, 5) is 18.1. The number of hydrogen-bond acceptors (Lipinski definition) is 4. The molecule has 3 nitrogen and oxygen atoms in total. The van der Waals surface area contributed by atoms with Gasteiger partial charge in [-0.25, -0.2) is 4.98 Å². The van der Waals surface area contributed by atoms with Gasteiger partial charge in [0.2, 0.25) is 0 Å². The van der Waals surface area contributed by atoms with Crippen LogP contribution in [0.2, 0.25) is 0 Å². The summed E-state index contributed by atoms with van der Waals surface area (Å²) in [5.41, 5.74) is -0.0890. The Bertz CT molecular complexity index is 467. The number of hydrogen-bond donors (Lipinski definition) is 0. The molecule has 0 atom stereocenters. The molecule has 0 N–H and O–H groups in total. The van der Waals surface area contributed by atoms with Crippen LogP contribution in [-0.2, 0) is 14.9 Å². The Morgan fingerprint density at radius 3 is 2.11 bits per heavy atom. The van der Waals surface area contributed by atoms with Gasteiger partial charge in [0.15, 0.2) is 0 Å². The summed E-state index contributed by atoms with van der Waals surface area (Å²) in [6.07, 6.45) is 0. The first-order valence-electron chi connectivity index (χ1n) is 6.66. The lowest BCUT2D eigenvalue weighted by Crippen LogP contribution is -2.36. The van der Waals surface area contributed by atoms with Crippen molar-refractivity contribution >= 4 is 17.3 Å². The van der Waals surface area contributed by atoms with Crippen molar-refractivity contribution in [1.82, 2.24) is 4.98 Å². The van der Waals surface area contributed by atoms with E-state index in [2.05, 4.69) is 25.8 Å². The van der Waals surface area contributed by atoms with Gasteiger partial charge in [-0.1, -0.05) is 13.8 Å². The minimum Gasteiger partial charge on any atom is -0.459 e. The SMILES string of the molecule is Cc1sc(C(C)(C)C(=O)OC(C)(C)C)nc1C(C)C. The van der Waals surface area contributed by atoms with Crippen LogP contribution >= 0.6 is 11.3 Å². The predicted molar refractivity (Wildman–Crippen MR) is 79.8 cm³/mol. The number of ether oxygens (including phenoxy) is 1. The smallest absolute Gasteiger partial charge is 0.318 e. The van der Waals surface area contributed by atoms with Crippen molar-refractivity contribution in [3.05, 3.63) is 15.6 Å². The molecule has 0 aromatic carbocycles. The molecule has 0 radical (unpaired) electrons. The van der Waals surface area contributed by atoms with E-state index in [0.29, 0.717) is 5.92 Å². The summed E-state index contributed by atoms with van der Waals surface area (Å²) in [6, 6.07) is 0. The van der Waals surface area contributed by atoms with Crippen LogP contribution in [0.4, 0.5) is 0 Å². The molecular weight excluding hydrogens is 258 g/mol. The van der Waals surface area contributed by atoms with Crippen molar-refractivity contribution in [3.8, 4) is 0 Å². The van der Waals surface area contributed by atoms with Crippen molar-refractivity contribution in [3.63, 3.8) is 0 Å². The fourth-order valence-corrected chi connectivity index (χ4v) is 2.86. The van der Waals surface area contributed by atoms with Crippen molar-refractivity contribution in [2.75, 3.05) is 0 Å². The fraction of sp³-hybridized carbons (Fsp3) is 0.733. The molecule has 0 saturated carbocycles. The van der Waals surface area contributed by atoms with E-state index in [1.807, 2.05) is 34.6 Å². The second-order valence-corrected chi connectivity index (χ2v) is 7.95. The maximum Gasteiger partial charge on any atom is 0.318 e. The Balaban J connectivity index is 3.06. The van der Waals surface area contributed by atoms with E-state index < -0.39 is 11.0 Å². The predicted octanol–water partition coefficient (Wildman–Crippen LogP) is 4.19.